The number of hydrogen-bond acceptors (Lipinski definition) is 4. The van der Waals surface area contributed by atoms with E-state index < -0.39 is 37.1 Å². The van der Waals surface area contributed by atoms with Crippen LogP contribution in [-0.2, 0) is 14.3 Å². The van der Waals surface area contributed by atoms with Gasteiger partial charge in [-0.2, -0.15) is 13.2 Å². The SMILES string of the molecule is C=C(C)C(=O)OC1CO[C@@](O)(C(F)(F)F)C1. The molecule has 1 unspecified atom stereocenters. The van der Waals surface area contributed by atoms with Crippen molar-refractivity contribution < 1.29 is 32.5 Å². The second kappa shape index (κ2) is 4.06. The Morgan fingerprint density at radius 2 is 2.19 bits per heavy atom. The monoisotopic (exact) mass is 240 g/mol. The van der Waals surface area contributed by atoms with Gasteiger partial charge in [0.05, 0.1) is 13.0 Å². The summed E-state index contributed by atoms with van der Waals surface area (Å²) in [6, 6.07) is 0. The summed E-state index contributed by atoms with van der Waals surface area (Å²) in [4.78, 5) is 11.0. The first-order valence-electron chi connectivity index (χ1n) is 4.45. The number of ether oxygens (including phenoxy) is 2. The van der Waals surface area contributed by atoms with Crippen LogP contribution >= 0.6 is 0 Å². The van der Waals surface area contributed by atoms with Crippen molar-refractivity contribution in [2.45, 2.75) is 31.4 Å². The van der Waals surface area contributed by atoms with E-state index in [9.17, 15) is 18.0 Å². The molecule has 1 aliphatic heterocycles. The summed E-state index contributed by atoms with van der Waals surface area (Å²) in [7, 11) is 0. The average molecular weight is 240 g/mol. The highest BCUT2D eigenvalue weighted by Crippen LogP contribution is 2.39. The van der Waals surface area contributed by atoms with Gasteiger partial charge < -0.3 is 14.6 Å². The van der Waals surface area contributed by atoms with Crippen molar-refractivity contribution in [1.82, 2.24) is 0 Å². The van der Waals surface area contributed by atoms with Crippen LogP contribution in [0.5, 0.6) is 0 Å². The minimum atomic E-state index is -4.91. The van der Waals surface area contributed by atoms with Crippen LogP contribution in [0.25, 0.3) is 0 Å². The first-order valence-corrected chi connectivity index (χ1v) is 4.45. The Bertz CT molecular complexity index is 312. The summed E-state index contributed by atoms with van der Waals surface area (Å²) >= 11 is 0. The molecule has 1 N–H and O–H groups in total. The molecule has 1 rings (SSSR count). The molecule has 1 heterocycles. The lowest BCUT2D eigenvalue weighted by molar-refractivity contribution is -0.349. The van der Waals surface area contributed by atoms with Gasteiger partial charge in [-0.3, -0.25) is 0 Å². The second-order valence-corrected chi connectivity index (χ2v) is 3.60. The molecule has 2 atom stereocenters. The van der Waals surface area contributed by atoms with Gasteiger partial charge >= 0.3 is 12.1 Å². The molecule has 0 bridgehead atoms. The largest absolute Gasteiger partial charge is 0.456 e. The van der Waals surface area contributed by atoms with Gasteiger partial charge in [0.1, 0.15) is 6.10 Å². The molecule has 0 aromatic heterocycles. The number of alkyl halides is 3. The minimum Gasteiger partial charge on any atom is -0.456 e. The third-order valence-corrected chi connectivity index (χ3v) is 2.08. The Morgan fingerprint density at radius 3 is 2.56 bits per heavy atom. The first kappa shape index (κ1) is 13.0. The molecular formula is C9H11F3O4. The Balaban J connectivity index is 2.60. The van der Waals surface area contributed by atoms with Gasteiger partial charge in [0, 0.05) is 5.57 Å². The molecule has 4 nitrogen and oxygen atoms in total. The summed E-state index contributed by atoms with van der Waals surface area (Å²) in [5.41, 5.74) is 0.0717. The predicted octanol–water partition coefficient (Wildman–Crippen LogP) is 1.15. The fraction of sp³-hybridized carbons (Fsp3) is 0.667. The lowest BCUT2D eigenvalue weighted by Gasteiger charge is -2.23. The highest BCUT2D eigenvalue weighted by molar-refractivity contribution is 5.87. The zero-order valence-electron chi connectivity index (χ0n) is 8.50. The van der Waals surface area contributed by atoms with Crippen LogP contribution in [-0.4, -0.2) is 35.8 Å². The number of halogens is 3. The van der Waals surface area contributed by atoms with Crippen molar-refractivity contribution in [3.63, 3.8) is 0 Å². The zero-order chi connectivity index (χ0) is 12.6. The predicted molar refractivity (Wildman–Crippen MR) is 46.3 cm³/mol. The van der Waals surface area contributed by atoms with Gasteiger partial charge in [-0.1, -0.05) is 6.58 Å². The van der Waals surface area contributed by atoms with E-state index in [4.69, 9.17) is 5.11 Å². The van der Waals surface area contributed by atoms with E-state index in [0.29, 0.717) is 0 Å². The summed E-state index contributed by atoms with van der Waals surface area (Å²) in [5, 5.41) is 9.09. The highest BCUT2D eigenvalue weighted by atomic mass is 19.4. The Labute approximate surface area is 89.6 Å². The maximum absolute atomic E-state index is 12.3. The summed E-state index contributed by atoms with van der Waals surface area (Å²) < 4.78 is 45.7. The van der Waals surface area contributed by atoms with Crippen LogP contribution in [0.1, 0.15) is 13.3 Å². The molecule has 0 aromatic rings. The van der Waals surface area contributed by atoms with Crippen molar-refractivity contribution in [3.8, 4) is 0 Å². The van der Waals surface area contributed by atoms with Crippen molar-refractivity contribution in [3.05, 3.63) is 12.2 Å². The maximum Gasteiger partial charge on any atom is 0.443 e. The van der Waals surface area contributed by atoms with E-state index >= 15 is 0 Å². The molecule has 0 aliphatic carbocycles. The second-order valence-electron chi connectivity index (χ2n) is 3.60. The molecule has 0 spiro atoms. The fourth-order valence-electron chi connectivity index (χ4n) is 1.18. The molecule has 1 saturated heterocycles. The van der Waals surface area contributed by atoms with E-state index in [1.807, 2.05) is 0 Å². The van der Waals surface area contributed by atoms with E-state index in [1.165, 1.54) is 6.92 Å². The van der Waals surface area contributed by atoms with E-state index in [0.717, 1.165) is 0 Å². The van der Waals surface area contributed by atoms with E-state index in [2.05, 4.69) is 16.1 Å². The smallest absolute Gasteiger partial charge is 0.443 e. The number of aliphatic hydroxyl groups is 1. The van der Waals surface area contributed by atoms with Gasteiger partial charge in [0.25, 0.3) is 5.79 Å². The third-order valence-electron chi connectivity index (χ3n) is 2.08. The quantitative estimate of drug-likeness (QED) is 0.581. The topological polar surface area (TPSA) is 55.8 Å². The van der Waals surface area contributed by atoms with Crippen molar-refractivity contribution in [2.24, 2.45) is 0 Å². The Hall–Kier alpha value is -1.08. The van der Waals surface area contributed by atoms with Gasteiger partial charge in [-0.15, -0.1) is 0 Å². The number of hydrogen-bond donors (Lipinski definition) is 1. The molecule has 1 fully saturated rings. The van der Waals surface area contributed by atoms with Crippen molar-refractivity contribution >= 4 is 5.97 Å². The standard InChI is InChI=1S/C9H11F3O4/c1-5(2)7(13)16-6-3-8(14,15-4-6)9(10,11)12/h6,14H,1,3-4H2,2H3/t6?,8-/m1/s1. The van der Waals surface area contributed by atoms with Crippen molar-refractivity contribution in [2.75, 3.05) is 6.61 Å². The highest BCUT2D eigenvalue weighted by Gasteiger charge is 2.60. The van der Waals surface area contributed by atoms with Crippen LogP contribution in [0, 0.1) is 0 Å². The van der Waals surface area contributed by atoms with Gasteiger partial charge in [-0.05, 0) is 6.92 Å². The summed E-state index contributed by atoms with van der Waals surface area (Å²) in [6.45, 7) is 4.16. The lowest BCUT2D eigenvalue weighted by Crippen LogP contribution is -2.44. The zero-order valence-corrected chi connectivity index (χ0v) is 8.50. The molecule has 0 aromatic carbocycles. The van der Waals surface area contributed by atoms with E-state index in [-0.39, 0.29) is 5.57 Å². The van der Waals surface area contributed by atoms with Gasteiger partial charge in [0.2, 0.25) is 0 Å². The molecule has 0 saturated carbocycles. The molecule has 0 amide bonds. The van der Waals surface area contributed by atoms with Crippen molar-refractivity contribution in [1.29, 1.82) is 0 Å². The summed E-state index contributed by atoms with van der Waals surface area (Å²) in [6.07, 6.45) is -6.84. The fourth-order valence-corrected chi connectivity index (χ4v) is 1.18. The summed E-state index contributed by atoms with van der Waals surface area (Å²) in [5.74, 6) is -4.03. The van der Waals surface area contributed by atoms with Crippen LogP contribution in [0.3, 0.4) is 0 Å². The van der Waals surface area contributed by atoms with Crippen LogP contribution < -0.4 is 0 Å². The minimum absolute atomic E-state index is 0.0717. The lowest BCUT2D eigenvalue weighted by atomic mass is 10.1. The molecule has 16 heavy (non-hydrogen) atoms. The Kier molecular flexibility index (Phi) is 3.30. The van der Waals surface area contributed by atoms with E-state index in [1.54, 1.807) is 0 Å². The van der Waals surface area contributed by atoms with Crippen LogP contribution in [0.15, 0.2) is 12.2 Å². The molecule has 92 valence electrons. The number of carbonyl (C=O) groups is 1. The average Bonchev–Trinajstić information content (AvgIpc) is 2.47. The number of rotatable bonds is 2. The molecule has 1 aliphatic rings. The van der Waals surface area contributed by atoms with Gasteiger partial charge in [0.15, 0.2) is 0 Å². The number of esters is 1. The molecular weight excluding hydrogens is 229 g/mol. The molecule has 0 radical (unpaired) electrons. The number of carbonyl (C=O) groups excluding carboxylic acids is 1. The third kappa shape index (κ3) is 2.53. The maximum atomic E-state index is 12.3. The van der Waals surface area contributed by atoms with Crippen LogP contribution in [0.4, 0.5) is 13.2 Å². The first-order chi connectivity index (χ1) is 7.16. The Morgan fingerprint density at radius 1 is 1.62 bits per heavy atom. The molecule has 7 heteroatoms. The van der Waals surface area contributed by atoms with Gasteiger partial charge in [-0.25, -0.2) is 4.79 Å². The van der Waals surface area contributed by atoms with Crippen LogP contribution in [0.2, 0.25) is 0 Å². The normalized spacial score (nSPS) is 30.2.